The number of nitrogens with two attached hydrogens (primary N) is 1. The Labute approximate surface area is 118 Å². The highest BCUT2D eigenvalue weighted by Crippen LogP contribution is 2.25. The Balaban J connectivity index is 2.39. The molecule has 0 saturated carbocycles. The summed E-state index contributed by atoms with van der Waals surface area (Å²) < 4.78 is 7.27. The monoisotopic (exact) mass is 275 g/mol. The smallest absolute Gasteiger partial charge is 0.329 e. The van der Waals surface area contributed by atoms with E-state index in [1.807, 2.05) is 44.4 Å². The molecule has 20 heavy (non-hydrogen) atoms. The summed E-state index contributed by atoms with van der Waals surface area (Å²) in [4.78, 5) is 16.6. The van der Waals surface area contributed by atoms with Crippen molar-refractivity contribution < 1.29 is 9.53 Å². The van der Waals surface area contributed by atoms with Gasteiger partial charge in [0.05, 0.1) is 17.3 Å². The van der Waals surface area contributed by atoms with Crippen molar-refractivity contribution in [2.45, 2.75) is 46.3 Å². The number of rotatable bonds is 4. The molecule has 5 heteroatoms. The van der Waals surface area contributed by atoms with Crippen molar-refractivity contribution in [2.24, 2.45) is 0 Å². The first kappa shape index (κ1) is 14.4. The van der Waals surface area contributed by atoms with E-state index in [9.17, 15) is 4.79 Å². The standard InChI is InChI=1S/C15H21N3O2/c1-5-9(2)20-15(19)10(3)18-11(4)17-14-12(16)7-6-8-13(14)18/h6-10H,5,16H2,1-4H3. The van der Waals surface area contributed by atoms with E-state index in [1.54, 1.807) is 6.07 Å². The van der Waals surface area contributed by atoms with Crippen molar-refractivity contribution >= 4 is 22.7 Å². The van der Waals surface area contributed by atoms with Gasteiger partial charge in [0.2, 0.25) is 0 Å². The van der Waals surface area contributed by atoms with E-state index in [-0.39, 0.29) is 12.1 Å². The second-order valence-corrected chi connectivity index (χ2v) is 5.08. The summed E-state index contributed by atoms with van der Waals surface area (Å²) in [6.45, 7) is 7.57. The SMILES string of the molecule is CCC(C)OC(=O)C(C)n1c(C)nc2c(N)cccc21. The van der Waals surface area contributed by atoms with Crippen LogP contribution in [0.5, 0.6) is 0 Å². The Bertz CT molecular complexity index is 633. The van der Waals surface area contributed by atoms with Crippen LogP contribution in [0.3, 0.4) is 0 Å². The number of nitrogen functional groups attached to an aromatic ring is 1. The van der Waals surface area contributed by atoms with Crippen LogP contribution in [-0.2, 0) is 9.53 Å². The number of carbonyl (C=O) groups excluding carboxylic acids is 1. The van der Waals surface area contributed by atoms with Gasteiger partial charge in [-0.05, 0) is 39.3 Å². The normalized spacial score (nSPS) is 14.2. The number of nitrogens with zero attached hydrogens (tertiary/aromatic N) is 2. The third-order valence-electron chi connectivity index (χ3n) is 3.55. The summed E-state index contributed by atoms with van der Waals surface area (Å²) in [5.74, 6) is 0.510. The molecule has 2 rings (SSSR count). The number of esters is 1. The molecule has 5 nitrogen and oxygen atoms in total. The molecule has 0 spiro atoms. The van der Waals surface area contributed by atoms with Crippen molar-refractivity contribution in [2.75, 3.05) is 5.73 Å². The van der Waals surface area contributed by atoms with Crippen LogP contribution in [0.15, 0.2) is 18.2 Å². The molecule has 2 aromatic rings. The molecule has 0 amide bonds. The van der Waals surface area contributed by atoms with Crippen LogP contribution in [0.1, 0.15) is 39.1 Å². The molecule has 0 aliphatic rings. The van der Waals surface area contributed by atoms with Gasteiger partial charge in [0.15, 0.2) is 0 Å². The average Bonchev–Trinajstić information content (AvgIpc) is 2.75. The number of fused-ring (bicyclic) bond motifs is 1. The maximum atomic E-state index is 12.2. The van der Waals surface area contributed by atoms with Gasteiger partial charge in [0, 0.05) is 0 Å². The Morgan fingerprint density at radius 2 is 2.15 bits per heavy atom. The van der Waals surface area contributed by atoms with E-state index in [4.69, 9.17) is 10.5 Å². The number of ether oxygens (including phenoxy) is 1. The summed E-state index contributed by atoms with van der Waals surface area (Å²) >= 11 is 0. The fraction of sp³-hybridized carbons (Fsp3) is 0.467. The third kappa shape index (κ3) is 2.48. The van der Waals surface area contributed by atoms with Gasteiger partial charge < -0.3 is 15.0 Å². The van der Waals surface area contributed by atoms with Gasteiger partial charge in [-0.15, -0.1) is 0 Å². The van der Waals surface area contributed by atoms with E-state index in [1.165, 1.54) is 0 Å². The summed E-state index contributed by atoms with van der Waals surface area (Å²) in [5.41, 5.74) is 8.13. The fourth-order valence-corrected chi connectivity index (χ4v) is 2.23. The molecule has 1 aromatic carbocycles. The average molecular weight is 275 g/mol. The quantitative estimate of drug-likeness (QED) is 0.688. The van der Waals surface area contributed by atoms with Gasteiger partial charge in [-0.1, -0.05) is 13.0 Å². The van der Waals surface area contributed by atoms with Crippen molar-refractivity contribution in [3.8, 4) is 0 Å². The van der Waals surface area contributed by atoms with Crippen LogP contribution in [0.4, 0.5) is 5.69 Å². The largest absolute Gasteiger partial charge is 0.461 e. The Kier molecular flexibility index (Phi) is 3.97. The van der Waals surface area contributed by atoms with Gasteiger partial charge in [0.25, 0.3) is 0 Å². The maximum Gasteiger partial charge on any atom is 0.329 e. The Morgan fingerprint density at radius 3 is 2.80 bits per heavy atom. The molecule has 1 heterocycles. The highest BCUT2D eigenvalue weighted by molar-refractivity contribution is 5.89. The zero-order chi connectivity index (χ0) is 14.9. The summed E-state index contributed by atoms with van der Waals surface area (Å²) in [5, 5.41) is 0. The van der Waals surface area contributed by atoms with Crippen molar-refractivity contribution in [3.05, 3.63) is 24.0 Å². The van der Waals surface area contributed by atoms with Crippen LogP contribution >= 0.6 is 0 Å². The second kappa shape index (κ2) is 5.53. The predicted octanol–water partition coefficient (Wildman–Crippen LogP) is 2.83. The summed E-state index contributed by atoms with van der Waals surface area (Å²) in [6.07, 6.45) is 0.722. The number of aryl methyl sites for hydroxylation is 1. The molecule has 1 aromatic heterocycles. The van der Waals surface area contributed by atoms with E-state index < -0.39 is 6.04 Å². The van der Waals surface area contributed by atoms with Gasteiger partial charge in [-0.3, -0.25) is 0 Å². The lowest BCUT2D eigenvalue weighted by molar-refractivity contribution is -0.151. The molecule has 0 saturated heterocycles. The van der Waals surface area contributed by atoms with Crippen LogP contribution in [0.2, 0.25) is 0 Å². The number of hydrogen-bond acceptors (Lipinski definition) is 4. The summed E-state index contributed by atoms with van der Waals surface area (Å²) in [6, 6.07) is 5.16. The van der Waals surface area contributed by atoms with E-state index in [0.717, 1.165) is 23.3 Å². The fourth-order valence-electron chi connectivity index (χ4n) is 2.23. The zero-order valence-electron chi connectivity index (χ0n) is 12.4. The molecule has 0 bridgehead atoms. The number of carbonyl (C=O) groups is 1. The molecular weight excluding hydrogens is 254 g/mol. The van der Waals surface area contributed by atoms with Gasteiger partial charge >= 0.3 is 5.97 Å². The lowest BCUT2D eigenvalue weighted by Crippen LogP contribution is -2.23. The van der Waals surface area contributed by atoms with Gasteiger partial charge in [-0.2, -0.15) is 0 Å². The minimum Gasteiger partial charge on any atom is -0.461 e. The summed E-state index contributed by atoms with van der Waals surface area (Å²) in [7, 11) is 0. The molecule has 2 N–H and O–H groups in total. The van der Waals surface area contributed by atoms with Crippen LogP contribution in [-0.4, -0.2) is 21.6 Å². The highest BCUT2D eigenvalue weighted by atomic mass is 16.5. The lowest BCUT2D eigenvalue weighted by atomic mass is 10.2. The molecule has 108 valence electrons. The highest BCUT2D eigenvalue weighted by Gasteiger charge is 2.22. The number of para-hydroxylation sites is 1. The van der Waals surface area contributed by atoms with Crippen LogP contribution in [0.25, 0.3) is 11.0 Å². The first-order valence-corrected chi connectivity index (χ1v) is 6.89. The molecule has 0 aliphatic heterocycles. The minimum absolute atomic E-state index is 0.0786. The molecule has 2 unspecified atom stereocenters. The topological polar surface area (TPSA) is 70.1 Å². The van der Waals surface area contributed by atoms with Crippen LogP contribution < -0.4 is 5.73 Å². The predicted molar refractivity (Wildman–Crippen MR) is 79.4 cm³/mol. The van der Waals surface area contributed by atoms with Crippen molar-refractivity contribution in [3.63, 3.8) is 0 Å². The minimum atomic E-state index is -0.421. The third-order valence-corrected chi connectivity index (χ3v) is 3.55. The van der Waals surface area contributed by atoms with E-state index in [0.29, 0.717) is 5.69 Å². The lowest BCUT2D eigenvalue weighted by Gasteiger charge is -2.18. The second-order valence-electron chi connectivity index (χ2n) is 5.08. The maximum absolute atomic E-state index is 12.2. The van der Waals surface area contributed by atoms with Gasteiger partial charge in [-0.25, -0.2) is 9.78 Å². The number of hydrogen-bond donors (Lipinski definition) is 1. The first-order chi connectivity index (χ1) is 9.45. The number of aromatic nitrogens is 2. The number of imidazole rings is 1. The molecule has 0 fully saturated rings. The molecular formula is C15H21N3O2. The molecule has 2 atom stereocenters. The molecule has 0 aliphatic carbocycles. The van der Waals surface area contributed by atoms with E-state index in [2.05, 4.69) is 4.98 Å². The van der Waals surface area contributed by atoms with Gasteiger partial charge in [0.1, 0.15) is 17.4 Å². The van der Waals surface area contributed by atoms with E-state index >= 15 is 0 Å². The zero-order valence-corrected chi connectivity index (χ0v) is 12.4. The Morgan fingerprint density at radius 1 is 1.45 bits per heavy atom. The van der Waals surface area contributed by atoms with Crippen molar-refractivity contribution in [1.29, 1.82) is 0 Å². The van der Waals surface area contributed by atoms with Crippen molar-refractivity contribution in [1.82, 2.24) is 9.55 Å². The molecule has 0 radical (unpaired) electrons. The number of anilines is 1. The Hall–Kier alpha value is -2.04. The number of benzene rings is 1. The van der Waals surface area contributed by atoms with Crippen LogP contribution in [0, 0.1) is 6.92 Å². The first-order valence-electron chi connectivity index (χ1n) is 6.89.